The number of ether oxygens (including phenoxy) is 1. The first-order valence-corrected chi connectivity index (χ1v) is 16.8. The Morgan fingerprint density at radius 2 is 1.77 bits per heavy atom. The number of benzene rings is 2. The number of anilines is 1. The predicted octanol–water partition coefficient (Wildman–Crippen LogP) is 4.77. The second-order valence-electron chi connectivity index (χ2n) is 11.1. The lowest BCUT2D eigenvalue weighted by Gasteiger charge is -2.19. The van der Waals surface area contributed by atoms with E-state index < -0.39 is 21.9 Å². The first-order chi connectivity index (χ1) is 20.7. The molecule has 1 aliphatic carbocycles. The first kappa shape index (κ1) is 34.5. The van der Waals surface area contributed by atoms with Crippen LogP contribution in [0.5, 0.6) is 5.75 Å². The summed E-state index contributed by atoms with van der Waals surface area (Å²) in [5.41, 5.74) is 1.51. The van der Waals surface area contributed by atoms with Crippen LogP contribution in [0, 0.1) is 0 Å². The highest BCUT2D eigenvalue weighted by molar-refractivity contribution is 7.92. The Morgan fingerprint density at radius 1 is 1.05 bits per heavy atom. The second kappa shape index (κ2) is 18.0. The minimum Gasteiger partial charge on any atom is -0.506 e. The zero-order valence-electron chi connectivity index (χ0n) is 25.1. The van der Waals surface area contributed by atoms with Crippen molar-refractivity contribution < 1.29 is 37.8 Å². The molecule has 238 valence electrons. The lowest BCUT2D eigenvalue weighted by molar-refractivity contribution is -0.145. The second-order valence-corrected chi connectivity index (χ2v) is 13.3. The zero-order valence-corrected chi connectivity index (χ0v) is 25.9. The van der Waals surface area contributed by atoms with Gasteiger partial charge in [0.25, 0.3) is 0 Å². The summed E-state index contributed by atoms with van der Waals surface area (Å²) >= 11 is 0. The highest BCUT2D eigenvalue weighted by atomic mass is 32.2. The Balaban J connectivity index is 1.21. The van der Waals surface area contributed by atoms with Crippen molar-refractivity contribution in [2.45, 2.75) is 93.8 Å². The number of hydroxylamine groups is 1. The lowest BCUT2D eigenvalue weighted by atomic mass is 10.1. The number of carbonyl (C=O) groups excluding carboxylic acids is 2. The largest absolute Gasteiger partial charge is 0.506 e. The van der Waals surface area contributed by atoms with Crippen molar-refractivity contribution in [1.29, 1.82) is 0 Å². The van der Waals surface area contributed by atoms with Crippen LogP contribution < -0.4 is 10.4 Å². The number of aliphatic hydroxyl groups excluding tert-OH is 1. The fourth-order valence-corrected chi connectivity index (χ4v) is 7.18. The Bertz CT molecular complexity index is 1260. The summed E-state index contributed by atoms with van der Waals surface area (Å²) in [6, 6.07) is 11.7. The Kier molecular flexibility index (Phi) is 14.4. The molecule has 1 amide bonds. The number of rotatable bonds is 20. The van der Waals surface area contributed by atoms with E-state index >= 15 is 0 Å². The quantitative estimate of drug-likeness (QED) is 0.109. The molecule has 0 radical (unpaired) electrons. The summed E-state index contributed by atoms with van der Waals surface area (Å²) in [5.74, 6) is -0.967. The van der Waals surface area contributed by atoms with E-state index in [2.05, 4.69) is 5.32 Å². The molecule has 11 heteroatoms. The van der Waals surface area contributed by atoms with Gasteiger partial charge < -0.3 is 25.1 Å². The van der Waals surface area contributed by atoms with Crippen LogP contribution in [0.2, 0.25) is 0 Å². The summed E-state index contributed by atoms with van der Waals surface area (Å²) < 4.78 is 31.5. The molecule has 10 nitrogen and oxygen atoms in total. The topological polar surface area (TPSA) is 142 Å². The molecule has 1 fully saturated rings. The van der Waals surface area contributed by atoms with Gasteiger partial charge in [-0.2, -0.15) is 0 Å². The van der Waals surface area contributed by atoms with Gasteiger partial charge in [-0.05, 0) is 86.9 Å². The number of nitrogens with zero attached hydrogens (tertiary/aromatic N) is 1. The molecule has 0 aromatic heterocycles. The number of aromatic hydroxyl groups is 1. The highest BCUT2D eigenvalue weighted by Crippen LogP contribution is 2.31. The Hall–Kier alpha value is -2.99. The fraction of sp³-hybridized carbons (Fsp3) is 0.562. The maximum absolute atomic E-state index is 12.9. The van der Waals surface area contributed by atoms with Gasteiger partial charge in [-0.25, -0.2) is 13.2 Å². The summed E-state index contributed by atoms with van der Waals surface area (Å²) in [7, 11) is -3.21. The monoisotopic (exact) mass is 618 g/mol. The zero-order chi connectivity index (χ0) is 31.1. The summed E-state index contributed by atoms with van der Waals surface area (Å²) in [6.45, 7) is 3.59. The van der Waals surface area contributed by atoms with Crippen molar-refractivity contribution in [3.05, 3.63) is 53.6 Å². The van der Waals surface area contributed by atoms with E-state index in [0.717, 1.165) is 96.3 Å². The van der Waals surface area contributed by atoms with E-state index in [4.69, 9.17) is 9.57 Å². The number of phenolic OH excluding ortho intramolecular Hbond substituents is 1. The lowest BCUT2D eigenvalue weighted by Crippen LogP contribution is -2.25. The molecule has 3 N–H and O–H groups in total. The van der Waals surface area contributed by atoms with Gasteiger partial charge in [0, 0.05) is 26.7 Å². The smallest absolute Gasteiger partial charge is 0.330 e. The number of hydrogen-bond donors (Lipinski definition) is 3. The minimum atomic E-state index is -3.21. The molecule has 0 bridgehead atoms. The number of phenols is 1. The molecule has 1 atom stereocenters. The first-order valence-electron chi connectivity index (χ1n) is 15.3. The van der Waals surface area contributed by atoms with Gasteiger partial charge in [-0.1, -0.05) is 43.9 Å². The number of aliphatic hydroxyl groups is 1. The fourth-order valence-electron chi connectivity index (χ4n) is 5.26. The van der Waals surface area contributed by atoms with E-state index in [9.17, 15) is 28.2 Å². The number of sulfone groups is 1. The number of hydrogen-bond acceptors (Lipinski definition) is 9. The van der Waals surface area contributed by atoms with Crippen molar-refractivity contribution in [3.63, 3.8) is 0 Å². The molecule has 43 heavy (non-hydrogen) atoms. The number of amides is 1. The third kappa shape index (κ3) is 11.2. The third-order valence-electron chi connectivity index (χ3n) is 7.65. The molecule has 2 aromatic rings. The minimum absolute atomic E-state index is 0.0267. The van der Waals surface area contributed by atoms with Crippen LogP contribution in [-0.2, 0) is 35.4 Å². The molecular weight excluding hydrogens is 572 g/mol. The van der Waals surface area contributed by atoms with Gasteiger partial charge in [0.15, 0.2) is 9.84 Å². The van der Waals surface area contributed by atoms with Crippen molar-refractivity contribution in [2.75, 3.05) is 31.4 Å². The predicted molar refractivity (Wildman–Crippen MR) is 164 cm³/mol. The Morgan fingerprint density at radius 3 is 2.49 bits per heavy atom. The average molecular weight is 619 g/mol. The molecule has 0 aliphatic heterocycles. The van der Waals surface area contributed by atoms with Crippen LogP contribution >= 0.6 is 0 Å². The molecule has 1 saturated carbocycles. The number of carbonyl (C=O) groups is 2. The van der Waals surface area contributed by atoms with Crippen LogP contribution in [0.15, 0.2) is 47.4 Å². The van der Waals surface area contributed by atoms with E-state index in [-0.39, 0.29) is 23.1 Å². The van der Waals surface area contributed by atoms with Crippen molar-refractivity contribution in [3.8, 4) is 5.75 Å². The third-order valence-corrected chi connectivity index (χ3v) is 9.91. The number of unbranched alkanes of at least 4 members (excludes halogenated alkanes) is 4. The standard InChI is InChI=1S/C32H46N2O8S/c1-25(36)42-34(24-35)30-22-27(16-17-31(30)37)32(38)23-33-18-7-2-3-8-19-41-20-9-6-11-26-12-10-15-29(21-26)43(39,40)28-13-4-5-14-28/h10,12,15-17,21-22,24,28,32-33,37-38H,2-9,11,13-14,18-20,23H2,1H3. The van der Waals surface area contributed by atoms with Crippen LogP contribution in [0.3, 0.4) is 0 Å². The van der Waals surface area contributed by atoms with Crippen LogP contribution in [0.1, 0.15) is 88.4 Å². The summed E-state index contributed by atoms with van der Waals surface area (Å²) in [5, 5.41) is 24.1. The van der Waals surface area contributed by atoms with Crippen molar-refractivity contribution >= 4 is 27.9 Å². The maximum atomic E-state index is 12.9. The number of nitrogens with one attached hydrogen (secondary N) is 1. The molecule has 2 aromatic carbocycles. The molecule has 0 spiro atoms. The van der Waals surface area contributed by atoms with E-state index in [1.807, 2.05) is 18.2 Å². The van der Waals surface area contributed by atoms with Crippen LogP contribution in [-0.4, -0.2) is 62.6 Å². The van der Waals surface area contributed by atoms with E-state index in [0.29, 0.717) is 28.7 Å². The molecule has 0 saturated heterocycles. The van der Waals surface area contributed by atoms with E-state index in [1.165, 1.54) is 12.1 Å². The van der Waals surface area contributed by atoms with Gasteiger partial charge in [0.05, 0.1) is 16.2 Å². The average Bonchev–Trinajstić information content (AvgIpc) is 3.55. The molecule has 3 rings (SSSR count). The summed E-state index contributed by atoms with van der Waals surface area (Å²) in [6.07, 6.45) is 9.72. The summed E-state index contributed by atoms with van der Waals surface area (Å²) in [4.78, 5) is 27.6. The molecule has 0 heterocycles. The maximum Gasteiger partial charge on any atom is 0.330 e. The van der Waals surface area contributed by atoms with Crippen molar-refractivity contribution in [1.82, 2.24) is 5.32 Å². The normalized spacial score (nSPS) is 14.5. The number of aryl methyl sites for hydroxylation is 1. The van der Waals surface area contributed by atoms with Crippen molar-refractivity contribution in [2.24, 2.45) is 0 Å². The van der Waals surface area contributed by atoms with Gasteiger partial charge in [0.1, 0.15) is 11.4 Å². The molecule has 1 unspecified atom stereocenters. The SMILES string of the molecule is CC(=O)ON(C=O)c1cc(C(O)CNCCCCCCOCCCCc2cccc(S(=O)(=O)C3CCCC3)c2)ccc1O. The van der Waals surface area contributed by atoms with Crippen LogP contribution in [0.25, 0.3) is 0 Å². The Labute approximate surface area is 255 Å². The van der Waals surface area contributed by atoms with Gasteiger partial charge in [-0.3, -0.25) is 4.79 Å². The van der Waals surface area contributed by atoms with E-state index in [1.54, 1.807) is 12.1 Å². The van der Waals surface area contributed by atoms with Crippen LogP contribution in [0.4, 0.5) is 5.69 Å². The van der Waals surface area contributed by atoms with Gasteiger partial charge in [0.2, 0.25) is 6.41 Å². The van der Waals surface area contributed by atoms with Gasteiger partial charge in [-0.15, -0.1) is 5.06 Å². The molecular formula is C32H46N2O8S. The molecule has 1 aliphatic rings. The highest BCUT2D eigenvalue weighted by Gasteiger charge is 2.30. The van der Waals surface area contributed by atoms with Gasteiger partial charge >= 0.3 is 5.97 Å².